The van der Waals surface area contributed by atoms with E-state index >= 15 is 0 Å². The van der Waals surface area contributed by atoms with Gasteiger partial charge in [-0.25, -0.2) is 9.79 Å². The summed E-state index contributed by atoms with van der Waals surface area (Å²) in [4.78, 5) is 55.2. The molecule has 0 aliphatic carbocycles. The second kappa shape index (κ2) is 8.78. The van der Waals surface area contributed by atoms with Gasteiger partial charge < -0.3 is 18.9 Å². The van der Waals surface area contributed by atoms with Crippen LogP contribution < -0.4 is 0 Å². The van der Waals surface area contributed by atoms with Gasteiger partial charge in [0.25, 0.3) is 5.79 Å². The lowest BCUT2D eigenvalue weighted by Gasteiger charge is -2.40. The van der Waals surface area contributed by atoms with Crippen LogP contribution >= 0.6 is 0 Å². The van der Waals surface area contributed by atoms with E-state index in [1.807, 2.05) is 0 Å². The smallest absolute Gasteiger partial charge is 0.344 e. The molecule has 1 saturated heterocycles. The molecule has 1 unspecified atom stereocenters. The number of aliphatic imine (C=N–C) groups is 1. The fraction of sp³-hybridized carbons (Fsp3) is 0.700. The van der Waals surface area contributed by atoms with Crippen molar-refractivity contribution in [2.24, 2.45) is 16.3 Å². The number of nitrogens with zero attached hydrogens (tertiary/aromatic N) is 1. The molecule has 0 bridgehead atoms. The number of esters is 4. The van der Waals surface area contributed by atoms with Gasteiger partial charge in [0.2, 0.25) is 0 Å². The predicted molar refractivity (Wildman–Crippen MR) is 102 cm³/mol. The third kappa shape index (κ3) is 5.67. The zero-order chi connectivity index (χ0) is 22.6. The molecular formula is C20H29NO8. The Morgan fingerprint density at radius 1 is 1.03 bits per heavy atom. The van der Waals surface area contributed by atoms with Crippen molar-refractivity contribution in [2.45, 2.75) is 66.7 Å². The lowest BCUT2D eigenvalue weighted by molar-refractivity contribution is -0.253. The van der Waals surface area contributed by atoms with E-state index in [9.17, 15) is 19.2 Å². The highest BCUT2D eigenvalue weighted by Crippen LogP contribution is 2.42. The molecule has 1 aliphatic rings. The number of hydrogen-bond donors (Lipinski definition) is 0. The van der Waals surface area contributed by atoms with Crippen molar-refractivity contribution in [3.8, 4) is 0 Å². The topological polar surface area (TPSA) is 118 Å². The molecule has 0 spiro atoms. The molecule has 29 heavy (non-hydrogen) atoms. The summed E-state index contributed by atoms with van der Waals surface area (Å²) < 4.78 is 20.4. The predicted octanol–water partition coefficient (Wildman–Crippen LogP) is 1.97. The molecule has 9 nitrogen and oxygen atoms in total. The van der Waals surface area contributed by atoms with E-state index in [0.29, 0.717) is 0 Å². The highest BCUT2D eigenvalue weighted by atomic mass is 16.7. The van der Waals surface area contributed by atoms with Gasteiger partial charge in [0.1, 0.15) is 11.5 Å². The lowest BCUT2D eigenvalue weighted by atomic mass is 9.72. The maximum atomic E-state index is 12.8. The quantitative estimate of drug-likeness (QED) is 0.214. The molecular weight excluding hydrogens is 382 g/mol. The van der Waals surface area contributed by atoms with Crippen molar-refractivity contribution in [3.63, 3.8) is 0 Å². The summed E-state index contributed by atoms with van der Waals surface area (Å²) in [5.41, 5.74) is -3.27. The minimum Gasteiger partial charge on any atom is -0.465 e. The second-order valence-electron chi connectivity index (χ2n) is 8.09. The molecule has 1 atom stereocenters. The highest BCUT2D eigenvalue weighted by molar-refractivity contribution is 6.11. The molecule has 1 rings (SSSR count). The first kappa shape index (κ1) is 24.4. The number of rotatable bonds is 6. The van der Waals surface area contributed by atoms with Crippen molar-refractivity contribution in [3.05, 3.63) is 5.57 Å². The van der Waals surface area contributed by atoms with Gasteiger partial charge in [-0.2, -0.15) is 0 Å². The second-order valence-corrected chi connectivity index (χ2v) is 8.09. The summed E-state index contributed by atoms with van der Waals surface area (Å²) in [5, 5.41) is 0. The van der Waals surface area contributed by atoms with Gasteiger partial charge in [0.15, 0.2) is 5.41 Å². The van der Waals surface area contributed by atoms with Crippen molar-refractivity contribution < 1.29 is 38.1 Å². The summed E-state index contributed by atoms with van der Waals surface area (Å²) in [6.07, 6.45) is 0. The van der Waals surface area contributed by atoms with Crippen LogP contribution in [0.15, 0.2) is 10.6 Å². The molecule has 0 N–H and O–H groups in total. The number of carbonyl (C=O) groups is 4. The third-order valence-corrected chi connectivity index (χ3v) is 3.92. The van der Waals surface area contributed by atoms with Crippen LogP contribution in [-0.2, 0) is 38.1 Å². The number of hydrogen-bond acceptors (Lipinski definition) is 9. The Labute approximate surface area is 170 Å². The molecule has 162 valence electrons. The fourth-order valence-electron chi connectivity index (χ4n) is 2.53. The van der Waals surface area contributed by atoms with Crippen LogP contribution in [0.2, 0.25) is 0 Å². The molecule has 1 heterocycles. The Morgan fingerprint density at radius 2 is 1.52 bits per heavy atom. The Bertz CT molecular complexity index is 733. The lowest BCUT2D eigenvalue weighted by Crippen LogP contribution is -2.58. The zero-order valence-electron chi connectivity index (χ0n) is 18.2. The maximum Gasteiger partial charge on any atom is 0.344 e. The average Bonchev–Trinajstić information content (AvgIpc) is 2.55. The first-order chi connectivity index (χ1) is 13.2. The molecule has 0 aromatic carbocycles. The summed E-state index contributed by atoms with van der Waals surface area (Å²) >= 11 is 0. The molecule has 1 fully saturated rings. The van der Waals surface area contributed by atoms with Crippen LogP contribution in [0, 0.1) is 11.3 Å². The highest BCUT2D eigenvalue weighted by Gasteiger charge is 2.62. The Hall–Kier alpha value is -2.67. The van der Waals surface area contributed by atoms with Crippen molar-refractivity contribution >= 4 is 29.7 Å². The number of cyclic esters (lactones) is 2. The number of carbonyl (C=O) groups excluding carboxylic acids is 4. The van der Waals surface area contributed by atoms with E-state index in [4.69, 9.17) is 18.9 Å². The van der Waals surface area contributed by atoms with E-state index in [2.05, 4.69) is 10.9 Å². The average molecular weight is 411 g/mol. The van der Waals surface area contributed by atoms with Crippen LogP contribution in [0.25, 0.3) is 0 Å². The zero-order valence-corrected chi connectivity index (χ0v) is 18.2. The molecule has 1 aliphatic heterocycles. The van der Waals surface area contributed by atoms with Crippen LogP contribution in [0.3, 0.4) is 0 Å². The summed E-state index contributed by atoms with van der Waals surface area (Å²) in [6, 6.07) is 0. The van der Waals surface area contributed by atoms with Crippen molar-refractivity contribution in [1.82, 2.24) is 0 Å². The van der Waals surface area contributed by atoms with E-state index in [0.717, 1.165) is 6.92 Å². The summed E-state index contributed by atoms with van der Waals surface area (Å²) in [5.74, 6) is -4.73. The van der Waals surface area contributed by atoms with Crippen LogP contribution in [-0.4, -0.2) is 54.3 Å². The van der Waals surface area contributed by atoms with E-state index in [-0.39, 0.29) is 13.2 Å². The normalized spacial score (nSPS) is 18.5. The Balaban J connectivity index is 3.74. The minimum absolute atomic E-state index is 0.00624. The monoisotopic (exact) mass is 411 g/mol. The van der Waals surface area contributed by atoms with Gasteiger partial charge in [-0.15, -0.1) is 0 Å². The van der Waals surface area contributed by atoms with E-state index < -0.39 is 52.1 Å². The summed E-state index contributed by atoms with van der Waals surface area (Å²) in [6.45, 7) is 12.2. The van der Waals surface area contributed by atoms with E-state index in [1.54, 1.807) is 34.6 Å². The molecule has 0 radical (unpaired) electrons. The van der Waals surface area contributed by atoms with Crippen LogP contribution in [0.5, 0.6) is 0 Å². The SMILES string of the molecule is CCOC(=O)C(=C=NC(C)(C)C)C(C(=O)OCC)C1(C)C(=O)OC(C)(C)OC1=O. The van der Waals surface area contributed by atoms with Gasteiger partial charge in [-0.1, -0.05) is 0 Å². The third-order valence-electron chi connectivity index (χ3n) is 3.92. The molecule has 0 aromatic rings. The number of ether oxygens (including phenoxy) is 4. The minimum atomic E-state index is -2.19. The maximum absolute atomic E-state index is 12.8. The largest absolute Gasteiger partial charge is 0.465 e. The van der Waals surface area contributed by atoms with Gasteiger partial charge in [0.05, 0.1) is 18.8 Å². The van der Waals surface area contributed by atoms with Crippen molar-refractivity contribution in [1.29, 1.82) is 0 Å². The first-order valence-electron chi connectivity index (χ1n) is 9.35. The summed E-state index contributed by atoms with van der Waals surface area (Å²) in [7, 11) is 0. The molecule has 9 heteroatoms. The molecule has 0 aromatic heterocycles. The molecule has 0 saturated carbocycles. The Kier molecular flexibility index (Phi) is 7.38. The van der Waals surface area contributed by atoms with Gasteiger partial charge >= 0.3 is 23.9 Å². The van der Waals surface area contributed by atoms with Gasteiger partial charge in [-0.05, 0) is 47.4 Å². The van der Waals surface area contributed by atoms with E-state index in [1.165, 1.54) is 13.8 Å². The fourth-order valence-corrected chi connectivity index (χ4v) is 2.53. The van der Waals surface area contributed by atoms with Crippen LogP contribution in [0.1, 0.15) is 55.4 Å². The Morgan fingerprint density at radius 3 is 1.93 bits per heavy atom. The standard InChI is InChI=1S/C20H29NO8/c1-9-26-14(22)12(11-21-18(3,4)5)13(15(23)27-10-2)20(8)16(24)28-19(6,7)29-17(20)25/h13H,9-10H2,1-8H3. The van der Waals surface area contributed by atoms with Crippen LogP contribution in [0.4, 0.5) is 0 Å². The molecule has 0 amide bonds. The first-order valence-corrected chi connectivity index (χ1v) is 9.35. The van der Waals surface area contributed by atoms with Crippen molar-refractivity contribution in [2.75, 3.05) is 13.2 Å². The van der Waals surface area contributed by atoms with Gasteiger partial charge in [0, 0.05) is 13.8 Å². The van der Waals surface area contributed by atoms with Gasteiger partial charge in [-0.3, -0.25) is 14.4 Å².